The van der Waals surface area contributed by atoms with Crippen LogP contribution in [0.25, 0.3) is 0 Å². The van der Waals surface area contributed by atoms with E-state index in [0.717, 1.165) is 32.5 Å². The normalized spacial score (nSPS) is 16.1. The Kier molecular flexibility index (Phi) is 8.12. The van der Waals surface area contributed by atoms with Crippen LogP contribution < -0.4 is 10.6 Å². The number of carbonyl (C=O) groups is 2. The molecule has 21 heavy (non-hydrogen) atoms. The van der Waals surface area contributed by atoms with Crippen LogP contribution >= 0.6 is 0 Å². The molecule has 0 bridgehead atoms. The summed E-state index contributed by atoms with van der Waals surface area (Å²) in [5.41, 5.74) is 0. The molecule has 0 radical (unpaired) electrons. The highest BCUT2D eigenvalue weighted by molar-refractivity contribution is 5.78. The van der Waals surface area contributed by atoms with Gasteiger partial charge in [0, 0.05) is 39.3 Å². The summed E-state index contributed by atoms with van der Waals surface area (Å²) < 4.78 is 0. The van der Waals surface area contributed by atoms with Gasteiger partial charge in [-0.05, 0) is 25.7 Å². The second kappa shape index (κ2) is 9.60. The number of hydrogen-bond acceptors (Lipinski definition) is 3. The van der Waals surface area contributed by atoms with Crippen molar-refractivity contribution < 1.29 is 9.59 Å². The van der Waals surface area contributed by atoms with Crippen molar-refractivity contribution >= 4 is 11.9 Å². The van der Waals surface area contributed by atoms with Crippen molar-refractivity contribution in [3.63, 3.8) is 0 Å². The van der Waals surface area contributed by atoms with E-state index >= 15 is 0 Å². The van der Waals surface area contributed by atoms with Gasteiger partial charge in [0.2, 0.25) is 5.91 Å². The number of piperazine rings is 1. The first-order chi connectivity index (χ1) is 10.0. The monoisotopic (exact) mass is 298 g/mol. The molecule has 0 atom stereocenters. The standard InChI is InChI=1S/C15H30N4O2/c1-4-16-14(20)12-18-8-10-19(11-9-18)15(21)17-7-5-6-13(2)3/h13H,4-12H2,1-3H3,(H,16,20)(H,17,21). The minimum Gasteiger partial charge on any atom is -0.355 e. The zero-order valence-electron chi connectivity index (χ0n) is 13.7. The molecule has 1 aliphatic rings. The smallest absolute Gasteiger partial charge is 0.317 e. The van der Waals surface area contributed by atoms with Crippen LogP contribution in [0.4, 0.5) is 4.79 Å². The molecule has 3 amide bonds. The van der Waals surface area contributed by atoms with Crippen molar-refractivity contribution in [3.8, 4) is 0 Å². The fourth-order valence-electron chi connectivity index (χ4n) is 2.38. The van der Waals surface area contributed by atoms with E-state index < -0.39 is 0 Å². The van der Waals surface area contributed by atoms with Crippen molar-refractivity contribution in [1.29, 1.82) is 0 Å². The van der Waals surface area contributed by atoms with Crippen LogP contribution in [-0.2, 0) is 4.79 Å². The van der Waals surface area contributed by atoms with Gasteiger partial charge >= 0.3 is 6.03 Å². The molecular formula is C15H30N4O2. The highest BCUT2D eigenvalue weighted by atomic mass is 16.2. The second-order valence-corrected chi connectivity index (χ2v) is 5.98. The lowest BCUT2D eigenvalue weighted by Crippen LogP contribution is -2.53. The van der Waals surface area contributed by atoms with Gasteiger partial charge in [-0.15, -0.1) is 0 Å². The molecule has 0 spiro atoms. The van der Waals surface area contributed by atoms with E-state index in [0.29, 0.717) is 32.1 Å². The van der Waals surface area contributed by atoms with Gasteiger partial charge in [-0.1, -0.05) is 13.8 Å². The number of hydrogen-bond donors (Lipinski definition) is 2. The number of likely N-dealkylation sites (N-methyl/N-ethyl adjacent to an activating group) is 1. The molecule has 1 saturated heterocycles. The number of nitrogens with one attached hydrogen (secondary N) is 2. The molecule has 6 heteroatoms. The van der Waals surface area contributed by atoms with Crippen molar-refractivity contribution in [2.24, 2.45) is 5.92 Å². The summed E-state index contributed by atoms with van der Waals surface area (Å²) in [6.07, 6.45) is 2.17. The SMILES string of the molecule is CCNC(=O)CN1CCN(C(=O)NCCCC(C)C)CC1. The van der Waals surface area contributed by atoms with Gasteiger partial charge in [0.25, 0.3) is 0 Å². The maximum Gasteiger partial charge on any atom is 0.317 e. The Balaban J connectivity index is 2.17. The summed E-state index contributed by atoms with van der Waals surface area (Å²) >= 11 is 0. The Morgan fingerprint density at radius 3 is 2.33 bits per heavy atom. The average Bonchev–Trinajstić information content (AvgIpc) is 2.44. The van der Waals surface area contributed by atoms with Gasteiger partial charge in [0.1, 0.15) is 0 Å². The molecule has 0 aliphatic carbocycles. The Morgan fingerprint density at radius 1 is 1.10 bits per heavy atom. The third-order valence-electron chi connectivity index (χ3n) is 3.64. The number of amides is 3. The van der Waals surface area contributed by atoms with E-state index in [1.165, 1.54) is 0 Å². The topological polar surface area (TPSA) is 64.7 Å². The van der Waals surface area contributed by atoms with Gasteiger partial charge in [0.05, 0.1) is 6.54 Å². The van der Waals surface area contributed by atoms with Gasteiger partial charge in [-0.2, -0.15) is 0 Å². The number of urea groups is 1. The summed E-state index contributed by atoms with van der Waals surface area (Å²) in [6.45, 7) is 11.0. The molecule has 0 saturated carbocycles. The highest BCUT2D eigenvalue weighted by Crippen LogP contribution is 2.04. The van der Waals surface area contributed by atoms with Gasteiger partial charge in [0.15, 0.2) is 0 Å². The Morgan fingerprint density at radius 2 is 1.76 bits per heavy atom. The van der Waals surface area contributed by atoms with E-state index in [9.17, 15) is 9.59 Å². The summed E-state index contributed by atoms with van der Waals surface area (Å²) in [5.74, 6) is 0.740. The third kappa shape index (κ3) is 7.32. The van der Waals surface area contributed by atoms with Crippen LogP contribution in [0.3, 0.4) is 0 Å². The lowest BCUT2D eigenvalue weighted by Gasteiger charge is -2.34. The molecule has 1 aliphatic heterocycles. The lowest BCUT2D eigenvalue weighted by atomic mass is 10.1. The minimum absolute atomic E-state index is 0.0245. The maximum absolute atomic E-state index is 12.0. The molecule has 0 aromatic heterocycles. The van der Waals surface area contributed by atoms with Crippen LogP contribution in [0.2, 0.25) is 0 Å². The second-order valence-electron chi connectivity index (χ2n) is 5.98. The Bertz CT molecular complexity index is 326. The fraction of sp³-hybridized carbons (Fsp3) is 0.867. The molecule has 0 unspecified atom stereocenters. The summed E-state index contributed by atoms with van der Waals surface area (Å²) in [4.78, 5) is 27.4. The van der Waals surface area contributed by atoms with Crippen LogP contribution in [0.5, 0.6) is 0 Å². The lowest BCUT2D eigenvalue weighted by molar-refractivity contribution is -0.122. The first-order valence-corrected chi connectivity index (χ1v) is 8.04. The summed E-state index contributed by atoms with van der Waals surface area (Å²) in [7, 11) is 0. The largest absolute Gasteiger partial charge is 0.355 e. The Hall–Kier alpha value is -1.30. The van der Waals surface area contributed by atoms with Gasteiger partial charge in [-0.3, -0.25) is 9.69 Å². The predicted molar refractivity (Wildman–Crippen MR) is 84.2 cm³/mol. The molecule has 1 fully saturated rings. The molecule has 1 heterocycles. The zero-order valence-corrected chi connectivity index (χ0v) is 13.7. The maximum atomic E-state index is 12.0. The van der Waals surface area contributed by atoms with E-state index in [1.54, 1.807) is 0 Å². The first kappa shape index (κ1) is 17.8. The van der Waals surface area contributed by atoms with Crippen molar-refractivity contribution in [1.82, 2.24) is 20.4 Å². The molecule has 0 aromatic rings. The van der Waals surface area contributed by atoms with Crippen LogP contribution in [-0.4, -0.2) is 67.6 Å². The number of carbonyl (C=O) groups excluding carboxylic acids is 2. The Labute approximate surface area is 128 Å². The average molecular weight is 298 g/mol. The summed E-state index contributed by atoms with van der Waals surface area (Å²) in [6, 6.07) is 0.0245. The number of nitrogens with zero attached hydrogens (tertiary/aromatic N) is 2. The molecule has 6 nitrogen and oxygen atoms in total. The molecule has 1 rings (SSSR count). The molecule has 2 N–H and O–H groups in total. The van der Waals surface area contributed by atoms with Crippen molar-refractivity contribution in [3.05, 3.63) is 0 Å². The van der Waals surface area contributed by atoms with Crippen LogP contribution in [0.1, 0.15) is 33.6 Å². The molecule has 0 aromatic carbocycles. The quantitative estimate of drug-likeness (QED) is 0.686. The van der Waals surface area contributed by atoms with Crippen LogP contribution in [0.15, 0.2) is 0 Å². The highest BCUT2D eigenvalue weighted by Gasteiger charge is 2.21. The molecular weight excluding hydrogens is 268 g/mol. The van der Waals surface area contributed by atoms with E-state index in [4.69, 9.17) is 0 Å². The predicted octanol–water partition coefficient (Wildman–Crippen LogP) is 0.886. The fourth-order valence-corrected chi connectivity index (χ4v) is 2.38. The molecule has 122 valence electrons. The van der Waals surface area contributed by atoms with Gasteiger partial charge < -0.3 is 15.5 Å². The van der Waals surface area contributed by atoms with Crippen LogP contribution in [0, 0.1) is 5.92 Å². The zero-order chi connectivity index (χ0) is 15.7. The van der Waals surface area contributed by atoms with E-state index in [-0.39, 0.29) is 11.9 Å². The van der Waals surface area contributed by atoms with E-state index in [1.807, 2.05) is 11.8 Å². The minimum atomic E-state index is 0.0245. The van der Waals surface area contributed by atoms with Crippen molar-refractivity contribution in [2.75, 3.05) is 45.8 Å². The third-order valence-corrected chi connectivity index (χ3v) is 3.64. The summed E-state index contributed by atoms with van der Waals surface area (Å²) in [5, 5.41) is 5.77. The first-order valence-electron chi connectivity index (χ1n) is 8.04. The van der Waals surface area contributed by atoms with E-state index in [2.05, 4.69) is 29.4 Å². The van der Waals surface area contributed by atoms with Crippen molar-refractivity contribution in [2.45, 2.75) is 33.6 Å². The van der Waals surface area contributed by atoms with Gasteiger partial charge in [-0.25, -0.2) is 4.79 Å². The number of rotatable bonds is 7.